The Labute approximate surface area is 280 Å². The first-order chi connectivity index (χ1) is 22.4. The Morgan fingerprint density at radius 3 is 2.11 bits per heavy atom. The number of nitrogens with zero attached hydrogens (tertiary/aromatic N) is 2. The van der Waals surface area contributed by atoms with Crippen molar-refractivity contribution in [3.63, 3.8) is 0 Å². The van der Waals surface area contributed by atoms with E-state index in [9.17, 15) is 19.5 Å². The second-order valence-electron chi connectivity index (χ2n) is 12.6. The van der Waals surface area contributed by atoms with E-state index < -0.39 is 24.0 Å². The Kier molecular flexibility index (Phi) is 12.2. The first-order valence-corrected chi connectivity index (χ1v) is 16.8. The Bertz CT molecular complexity index is 1630. The van der Waals surface area contributed by atoms with Gasteiger partial charge in [-0.25, -0.2) is 9.97 Å². The number of thiophene rings is 1. The molecule has 10 heteroatoms. The maximum absolute atomic E-state index is 13.1. The van der Waals surface area contributed by atoms with Crippen LogP contribution in [0.15, 0.2) is 73.1 Å². The third-order valence-electron chi connectivity index (χ3n) is 7.68. The second-order valence-corrected chi connectivity index (χ2v) is 13.7. The third kappa shape index (κ3) is 10.2. The van der Waals surface area contributed by atoms with E-state index in [1.807, 2.05) is 54.6 Å². The molecular formula is C37H44N4O5S. The third-order valence-corrected chi connectivity index (χ3v) is 9.19. The number of unbranched alkanes of at least 4 members (excludes halogenated alkanes) is 3. The largest absolute Gasteiger partial charge is 0.494 e. The lowest BCUT2D eigenvalue weighted by Crippen LogP contribution is -2.51. The van der Waals surface area contributed by atoms with E-state index in [1.165, 1.54) is 37.5 Å². The molecule has 0 aliphatic heterocycles. The first-order valence-electron chi connectivity index (χ1n) is 16.0. The molecule has 2 atom stereocenters. The van der Waals surface area contributed by atoms with Crippen molar-refractivity contribution in [1.29, 1.82) is 0 Å². The number of ether oxygens (including phenoxy) is 1. The minimum Gasteiger partial charge on any atom is -0.494 e. The van der Waals surface area contributed by atoms with Crippen LogP contribution in [0.5, 0.6) is 5.75 Å². The number of carboxylic acids is 1. The average molecular weight is 657 g/mol. The van der Waals surface area contributed by atoms with Crippen LogP contribution in [-0.4, -0.2) is 51.5 Å². The highest BCUT2D eigenvalue weighted by Gasteiger charge is 2.26. The molecule has 9 nitrogen and oxygen atoms in total. The summed E-state index contributed by atoms with van der Waals surface area (Å²) in [5.74, 6) is -0.720. The topological polar surface area (TPSA) is 131 Å². The normalized spacial score (nSPS) is 12.6. The monoisotopic (exact) mass is 656 g/mol. The van der Waals surface area contributed by atoms with Crippen LogP contribution in [0, 0.1) is 0 Å². The van der Waals surface area contributed by atoms with Crippen molar-refractivity contribution in [3.8, 4) is 28.3 Å². The molecule has 2 heterocycles. The average Bonchev–Trinajstić information content (AvgIpc) is 3.57. The number of carboxylic acid groups (broad SMARTS) is 1. The summed E-state index contributed by atoms with van der Waals surface area (Å²) in [6, 6.07) is 16.9. The molecule has 0 saturated carbocycles. The number of hydrogen-bond donors (Lipinski definition) is 3. The zero-order valence-corrected chi connectivity index (χ0v) is 28.5. The van der Waals surface area contributed by atoms with Gasteiger partial charge in [0.25, 0.3) is 5.91 Å². The molecule has 2 aromatic heterocycles. The van der Waals surface area contributed by atoms with Gasteiger partial charge in [0.05, 0.1) is 11.5 Å². The van der Waals surface area contributed by atoms with Crippen LogP contribution < -0.4 is 15.4 Å². The fourth-order valence-electron chi connectivity index (χ4n) is 4.79. The lowest BCUT2D eigenvalue weighted by molar-refractivity contribution is -0.141. The Hall–Kier alpha value is -4.57. The number of nitrogens with one attached hydrogen (secondary N) is 2. The molecule has 0 saturated heterocycles. The van der Waals surface area contributed by atoms with Gasteiger partial charge in [-0.3, -0.25) is 14.4 Å². The van der Waals surface area contributed by atoms with Crippen molar-refractivity contribution < 1.29 is 24.2 Å². The van der Waals surface area contributed by atoms with Gasteiger partial charge >= 0.3 is 5.97 Å². The molecule has 0 radical (unpaired) electrons. The van der Waals surface area contributed by atoms with E-state index in [1.54, 1.807) is 18.5 Å². The van der Waals surface area contributed by atoms with Gasteiger partial charge in [0.2, 0.25) is 5.91 Å². The fraction of sp³-hybridized carbons (Fsp3) is 0.378. The van der Waals surface area contributed by atoms with E-state index in [2.05, 4.69) is 48.3 Å². The number of aliphatic carboxylic acids is 1. The van der Waals surface area contributed by atoms with Crippen LogP contribution in [0.2, 0.25) is 0 Å². The van der Waals surface area contributed by atoms with Crippen molar-refractivity contribution in [2.75, 3.05) is 6.61 Å². The summed E-state index contributed by atoms with van der Waals surface area (Å²) in [6.07, 6.45) is 8.40. The smallest absolute Gasteiger partial charge is 0.325 e. The van der Waals surface area contributed by atoms with Crippen LogP contribution in [0.25, 0.3) is 22.5 Å². The number of carbonyl (C=O) groups excluding carboxylic acids is 2. The summed E-state index contributed by atoms with van der Waals surface area (Å²) in [4.78, 5) is 48.3. The maximum atomic E-state index is 13.1. The van der Waals surface area contributed by atoms with Gasteiger partial charge in [-0.15, -0.1) is 11.3 Å². The number of amides is 2. The molecule has 47 heavy (non-hydrogen) atoms. The predicted octanol–water partition coefficient (Wildman–Crippen LogP) is 7.06. The van der Waals surface area contributed by atoms with Gasteiger partial charge in [0.15, 0.2) is 5.82 Å². The van der Waals surface area contributed by atoms with Crippen LogP contribution in [0.3, 0.4) is 0 Å². The minimum atomic E-state index is -1.16. The number of carbonyl (C=O) groups is 3. The van der Waals surface area contributed by atoms with Gasteiger partial charge in [0.1, 0.15) is 17.8 Å². The molecule has 0 bridgehead atoms. The second kappa shape index (κ2) is 16.3. The highest BCUT2D eigenvalue weighted by molar-refractivity contribution is 7.14. The molecule has 2 aromatic carbocycles. The van der Waals surface area contributed by atoms with Gasteiger partial charge in [-0.2, -0.15) is 0 Å². The van der Waals surface area contributed by atoms with Crippen molar-refractivity contribution in [2.24, 2.45) is 0 Å². The number of rotatable bonds is 15. The summed E-state index contributed by atoms with van der Waals surface area (Å²) in [5, 5.41) is 14.6. The number of hydrogen-bond acceptors (Lipinski definition) is 7. The summed E-state index contributed by atoms with van der Waals surface area (Å²) in [5.41, 5.74) is 3.34. The molecule has 0 fully saturated rings. The summed E-state index contributed by atoms with van der Waals surface area (Å²) in [6.45, 7) is 10.5. The zero-order valence-electron chi connectivity index (χ0n) is 27.7. The molecule has 2 amide bonds. The predicted molar refractivity (Wildman–Crippen MR) is 186 cm³/mol. The van der Waals surface area contributed by atoms with Gasteiger partial charge < -0.3 is 20.5 Å². The molecule has 0 spiro atoms. The van der Waals surface area contributed by atoms with E-state index in [4.69, 9.17) is 4.74 Å². The van der Waals surface area contributed by atoms with Crippen LogP contribution >= 0.6 is 11.3 Å². The molecule has 2 unspecified atom stereocenters. The summed E-state index contributed by atoms with van der Waals surface area (Å²) >= 11 is 1.37. The van der Waals surface area contributed by atoms with Gasteiger partial charge in [-0.05, 0) is 54.2 Å². The van der Waals surface area contributed by atoms with Gasteiger partial charge in [-0.1, -0.05) is 83.4 Å². The summed E-state index contributed by atoms with van der Waals surface area (Å²) in [7, 11) is 0. The van der Waals surface area contributed by atoms with E-state index in [0.29, 0.717) is 10.7 Å². The Morgan fingerprint density at radius 2 is 1.51 bits per heavy atom. The Balaban J connectivity index is 1.42. The lowest BCUT2D eigenvalue weighted by atomic mass is 9.95. The molecule has 248 valence electrons. The van der Waals surface area contributed by atoms with Crippen molar-refractivity contribution in [2.45, 2.75) is 84.2 Å². The minimum absolute atomic E-state index is 0.114. The van der Waals surface area contributed by atoms with Crippen molar-refractivity contribution >= 4 is 29.1 Å². The van der Waals surface area contributed by atoms with Crippen LogP contribution in [0.1, 0.15) is 80.4 Å². The molecule has 4 aromatic rings. The number of aromatic nitrogens is 2. The quantitative estimate of drug-likeness (QED) is 0.117. The van der Waals surface area contributed by atoms with E-state index in [-0.39, 0.29) is 17.7 Å². The van der Waals surface area contributed by atoms with Crippen LogP contribution in [-0.2, 0) is 21.4 Å². The number of benzene rings is 2. The first kappa shape index (κ1) is 35.3. The highest BCUT2D eigenvalue weighted by Crippen LogP contribution is 2.29. The molecule has 0 aliphatic rings. The Morgan fingerprint density at radius 1 is 0.851 bits per heavy atom. The SMILES string of the molecule is CCCCCCOc1ccc(-c2cnc(-c3ccc(CC(NC(=O)c4ccc(C(C)(C)C)s4)C(=O)NC(C)C(=O)O)cc3)nc2)cc1. The van der Waals surface area contributed by atoms with Crippen molar-refractivity contribution in [1.82, 2.24) is 20.6 Å². The van der Waals surface area contributed by atoms with Gasteiger partial charge in [0, 0.05) is 34.8 Å². The van der Waals surface area contributed by atoms with E-state index >= 15 is 0 Å². The van der Waals surface area contributed by atoms with Crippen molar-refractivity contribution in [3.05, 3.63) is 88.4 Å². The van der Waals surface area contributed by atoms with E-state index in [0.717, 1.165) is 45.9 Å². The standard InChI is InChI=1S/C37H44N4O5S/c1-6-7-8-9-20-46-29-16-14-26(15-17-29)28-22-38-33(39-23-28)27-12-10-25(11-13-27)21-30(34(42)40-24(2)36(44)45)41-35(43)31-18-19-32(47-31)37(3,4)5/h10-19,22-24,30H,6-9,20-21H2,1-5H3,(H,40,42)(H,41,43)(H,44,45). The molecule has 4 rings (SSSR count). The molecular weight excluding hydrogens is 612 g/mol. The van der Waals surface area contributed by atoms with Crippen LogP contribution in [0.4, 0.5) is 0 Å². The highest BCUT2D eigenvalue weighted by atomic mass is 32.1. The molecule has 0 aliphatic carbocycles. The molecule has 3 N–H and O–H groups in total. The summed E-state index contributed by atoms with van der Waals surface area (Å²) < 4.78 is 5.85. The fourth-order valence-corrected chi connectivity index (χ4v) is 5.76. The zero-order chi connectivity index (χ0) is 34.0. The lowest BCUT2D eigenvalue weighted by Gasteiger charge is -2.20. The maximum Gasteiger partial charge on any atom is 0.325 e.